The van der Waals surface area contributed by atoms with Gasteiger partial charge in [0.05, 0.1) is 25.2 Å². The molecule has 0 atom stereocenters. The molecule has 0 spiro atoms. The Balaban J connectivity index is 1.46. The number of para-hydroxylation sites is 1. The van der Waals surface area contributed by atoms with Gasteiger partial charge in [-0.25, -0.2) is 9.97 Å². The highest BCUT2D eigenvalue weighted by Gasteiger charge is 2.18. The third-order valence-electron chi connectivity index (χ3n) is 4.63. The van der Waals surface area contributed by atoms with Crippen molar-refractivity contribution in [3.05, 3.63) is 42.4 Å². The summed E-state index contributed by atoms with van der Waals surface area (Å²) in [6, 6.07) is 7.19. The van der Waals surface area contributed by atoms with E-state index in [9.17, 15) is 4.79 Å². The molecule has 2 aromatic heterocycles. The minimum absolute atomic E-state index is 0.206. The molecule has 1 aromatic carbocycles. The number of aromatic nitrogens is 2. The van der Waals surface area contributed by atoms with E-state index in [0.717, 1.165) is 31.6 Å². The van der Waals surface area contributed by atoms with Gasteiger partial charge in [-0.05, 0) is 19.2 Å². The molecule has 3 heterocycles. The predicted octanol–water partition coefficient (Wildman–Crippen LogP) is 2.24. The number of carbonyl (C=O) groups is 1. The molecule has 1 aliphatic heterocycles. The van der Waals surface area contributed by atoms with E-state index in [1.807, 2.05) is 12.1 Å². The number of carbonyl (C=O) groups excluding carboxylic acids is 1. The zero-order valence-corrected chi connectivity index (χ0v) is 15.3. The summed E-state index contributed by atoms with van der Waals surface area (Å²) < 4.78 is 10.9. The number of anilines is 2. The normalized spacial score (nSPS) is 15.1. The number of methoxy groups -OCH3 is 1. The van der Waals surface area contributed by atoms with Crippen LogP contribution in [0.5, 0.6) is 5.75 Å². The maximum atomic E-state index is 12.5. The highest BCUT2D eigenvalue weighted by molar-refractivity contribution is 6.05. The summed E-state index contributed by atoms with van der Waals surface area (Å²) in [6.45, 7) is 3.75. The lowest BCUT2D eigenvalue weighted by Crippen LogP contribution is -2.45. The highest BCUT2D eigenvalue weighted by atomic mass is 16.5. The van der Waals surface area contributed by atoms with E-state index in [1.165, 1.54) is 0 Å². The minimum atomic E-state index is -0.357. The molecule has 0 saturated carbocycles. The second-order valence-electron chi connectivity index (χ2n) is 6.51. The second kappa shape index (κ2) is 7.24. The summed E-state index contributed by atoms with van der Waals surface area (Å²) in [5, 5.41) is 3.58. The molecule has 0 aliphatic carbocycles. The summed E-state index contributed by atoms with van der Waals surface area (Å²) in [5.41, 5.74) is 1.07. The summed E-state index contributed by atoms with van der Waals surface area (Å²) in [5.74, 6) is 1.11. The number of likely N-dealkylation sites (N-methyl/N-ethyl adjacent to an activating group) is 1. The Morgan fingerprint density at radius 1 is 1.19 bits per heavy atom. The molecule has 8 heteroatoms. The summed E-state index contributed by atoms with van der Waals surface area (Å²) >= 11 is 0. The van der Waals surface area contributed by atoms with Crippen LogP contribution in [-0.4, -0.2) is 61.1 Å². The van der Waals surface area contributed by atoms with Crippen molar-refractivity contribution >= 4 is 28.5 Å². The first-order valence-electron chi connectivity index (χ1n) is 8.77. The van der Waals surface area contributed by atoms with Crippen molar-refractivity contribution in [2.45, 2.75) is 0 Å². The number of amides is 1. The number of furan rings is 1. The van der Waals surface area contributed by atoms with Gasteiger partial charge in [0.15, 0.2) is 17.1 Å². The third-order valence-corrected chi connectivity index (χ3v) is 4.63. The number of fused-ring (bicyclic) bond motifs is 1. The molecule has 4 rings (SSSR count). The molecule has 27 heavy (non-hydrogen) atoms. The van der Waals surface area contributed by atoms with Crippen LogP contribution in [0.3, 0.4) is 0 Å². The van der Waals surface area contributed by atoms with Gasteiger partial charge in [0.2, 0.25) is 5.95 Å². The Bertz CT molecular complexity index is 946. The van der Waals surface area contributed by atoms with Crippen LogP contribution in [0, 0.1) is 0 Å². The lowest BCUT2D eigenvalue weighted by atomic mass is 10.2. The average molecular weight is 367 g/mol. The standard InChI is InChI=1S/C19H21N5O3/c1-23-6-8-24(9-7-23)19-20-11-14(12-21-19)22-18(25)16-10-13-4-3-5-15(26-2)17(13)27-16/h3-5,10-12H,6-9H2,1-2H3,(H,22,25). The fourth-order valence-corrected chi connectivity index (χ4v) is 3.06. The molecular weight excluding hydrogens is 346 g/mol. The van der Waals surface area contributed by atoms with E-state index in [0.29, 0.717) is 23.0 Å². The lowest BCUT2D eigenvalue weighted by molar-refractivity contribution is 0.0998. The topological polar surface area (TPSA) is 83.7 Å². The van der Waals surface area contributed by atoms with Crippen LogP contribution >= 0.6 is 0 Å². The first-order valence-corrected chi connectivity index (χ1v) is 8.77. The van der Waals surface area contributed by atoms with Gasteiger partial charge >= 0.3 is 0 Å². The summed E-state index contributed by atoms with van der Waals surface area (Å²) in [7, 11) is 3.67. The third kappa shape index (κ3) is 3.56. The number of nitrogens with one attached hydrogen (secondary N) is 1. The van der Waals surface area contributed by atoms with E-state index in [2.05, 4.69) is 32.1 Å². The number of benzene rings is 1. The van der Waals surface area contributed by atoms with Crippen LogP contribution in [0.2, 0.25) is 0 Å². The van der Waals surface area contributed by atoms with Crippen molar-refractivity contribution in [3.63, 3.8) is 0 Å². The van der Waals surface area contributed by atoms with Crippen LogP contribution < -0.4 is 15.0 Å². The second-order valence-corrected chi connectivity index (χ2v) is 6.51. The number of hydrogen-bond donors (Lipinski definition) is 1. The van der Waals surface area contributed by atoms with Gasteiger partial charge in [-0.1, -0.05) is 12.1 Å². The number of piperazine rings is 1. The molecule has 1 N–H and O–H groups in total. The van der Waals surface area contributed by atoms with Gasteiger partial charge in [-0.2, -0.15) is 0 Å². The van der Waals surface area contributed by atoms with Crippen LogP contribution in [0.25, 0.3) is 11.0 Å². The first kappa shape index (κ1) is 17.3. The quantitative estimate of drug-likeness (QED) is 0.757. The van der Waals surface area contributed by atoms with E-state index in [4.69, 9.17) is 9.15 Å². The Morgan fingerprint density at radius 2 is 1.93 bits per heavy atom. The maximum absolute atomic E-state index is 12.5. The van der Waals surface area contributed by atoms with Gasteiger partial charge in [0.25, 0.3) is 5.91 Å². The fourth-order valence-electron chi connectivity index (χ4n) is 3.06. The van der Waals surface area contributed by atoms with Crippen LogP contribution in [0.4, 0.5) is 11.6 Å². The van der Waals surface area contributed by atoms with Gasteiger partial charge in [0, 0.05) is 31.6 Å². The zero-order chi connectivity index (χ0) is 18.8. The van der Waals surface area contributed by atoms with Crippen molar-refractivity contribution in [3.8, 4) is 5.75 Å². The maximum Gasteiger partial charge on any atom is 0.291 e. The van der Waals surface area contributed by atoms with E-state index in [1.54, 1.807) is 31.6 Å². The molecular formula is C19H21N5O3. The molecule has 0 bridgehead atoms. The zero-order valence-electron chi connectivity index (χ0n) is 15.3. The van der Waals surface area contributed by atoms with Crippen molar-refractivity contribution < 1.29 is 13.9 Å². The number of nitrogens with zero attached hydrogens (tertiary/aromatic N) is 4. The molecule has 1 fully saturated rings. The Labute approximate surface area is 156 Å². The minimum Gasteiger partial charge on any atom is -0.493 e. The van der Waals surface area contributed by atoms with E-state index in [-0.39, 0.29) is 11.7 Å². The Kier molecular flexibility index (Phi) is 4.64. The number of rotatable bonds is 4. The first-order chi connectivity index (χ1) is 13.1. The largest absolute Gasteiger partial charge is 0.493 e. The Morgan fingerprint density at radius 3 is 2.63 bits per heavy atom. The fraction of sp³-hybridized carbons (Fsp3) is 0.316. The van der Waals surface area contributed by atoms with Crippen molar-refractivity contribution in [2.24, 2.45) is 0 Å². The lowest BCUT2D eigenvalue weighted by Gasteiger charge is -2.32. The smallest absolute Gasteiger partial charge is 0.291 e. The van der Waals surface area contributed by atoms with Crippen LogP contribution in [-0.2, 0) is 0 Å². The van der Waals surface area contributed by atoms with Crippen molar-refractivity contribution in [2.75, 3.05) is 50.6 Å². The van der Waals surface area contributed by atoms with Gasteiger partial charge in [0.1, 0.15) is 0 Å². The summed E-state index contributed by atoms with van der Waals surface area (Å²) in [6.07, 6.45) is 3.23. The molecule has 0 unspecified atom stereocenters. The Hall–Kier alpha value is -3.13. The predicted molar refractivity (Wildman–Crippen MR) is 102 cm³/mol. The molecule has 1 aliphatic rings. The molecule has 140 valence electrons. The van der Waals surface area contributed by atoms with Crippen LogP contribution in [0.1, 0.15) is 10.6 Å². The molecule has 1 amide bonds. The molecule has 8 nitrogen and oxygen atoms in total. The molecule has 0 radical (unpaired) electrons. The number of ether oxygens (including phenoxy) is 1. The van der Waals surface area contributed by atoms with E-state index < -0.39 is 0 Å². The number of hydrogen-bond acceptors (Lipinski definition) is 7. The molecule has 3 aromatic rings. The average Bonchev–Trinajstić information content (AvgIpc) is 3.14. The summed E-state index contributed by atoms with van der Waals surface area (Å²) in [4.78, 5) is 25.6. The van der Waals surface area contributed by atoms with Gasteiger partial charge in [-0.3, -0.25) is 4.79 Å². The SMILES string of the molecule is COc1cccc2cc(C(=O)Nc3cnc(N4CCN(C)CC4)nc3)oc12. The van der Waals surface area contributed by atoms with Crippen molar-refractivity contribution in [1.82, 2.24) is 14.9 Å². The monoisotopic (exact) mass is 367 g/mol. The van der Waals surface area contributed by atoms with Gasteiger partial charge in [-0.15, -0.1) is 0 Å². The highest BCUT2D eigenvalue weighted by Crippen LogP contribution is 2.28. The van der Waals surface area contributed by atoms with Crippen LogP contribution in [0.15, 0.2) is 41.1 Å². The molecule has 1 saturated heterocycles. The van der Waals surface area contributed by atoms with E-state index >= 15 is 0 Å². The van der Waals surface area contributed by atoms with Gasteiger partial charge < -0.3 is 24.3 Å². The van der Waals surface area contributed by atoms with Crippen molar-refractivity contribution in [1.29, 1.82) is 0 Å².